The summed E-state index contributed by atoms with van der Waals surface area (Å²) in [5.41, 5.74) is 1.07. The monoisotopic (exact) mass is 214 g/mol. The molecule has 3 heteroatoms. The van der Waals surface area contributed by atoms with Crippen LogP contribution in [0.3, 0.4) is 0 Å². The van der Waals surface area contributed by atoms with Crippen LogP contribution in [0.25, 0.3) is 0 Å². The second-order valence-electron chi connectivity index (χ2n) is 3.92. The van der Waals surface area contributed by atoms with E-state index in [1.54, 1.807) is 12.5 Å². The standard InChI is InChI=1S/C11H18O2S/c1-9(2)7-14-8-11(12)5-10-3-4-13-6-10/h3-4,6,9,11-12H,5,7-8H2,1-2H3. The van der Waals surface area contributed by atoms with Crippen molar-refractivity contribution in [3.63, 3.8) is 0 Å². The summed E-state index contributed by atoms with van der Waals surface area (Å²) < 4.78 is 4.94. The first-order valence-electron chi connectivity index (χ1n) is 4.95. The molecular weight excluding hydrogens is 196 g/mol. The SMILES string of the molecule is CC(C)CSCC(O)Cc1ccoc1. The normalized spacial score (nSPS) is 13.4. The summed E-state index contributed by atoms with van der Waals surface area (Å²) in [7, 11) is 0. The highest BCUT2D eigenvalue weighted by atomic mass is 32.2. The van der Waals surface area contributed by atoms with Gasteiger partial charge in [0, 0.05) is 12.2 Å². The molecule has 0 aliphatic carbocycles. The fourth-order valence-corrected chi connectivity index (χ4v) is 2.18. The summed E-state index contributed by atoms with van der Waals surface area (Å²) in [6, 6.07) is 1.90. The first kappa shape index (κ1) is 11.7. The smallest absolute Gasteiger partial charge is 0.0935 e. The van der Waals surface area contributed by atoms with E-state index < -0.39 is 0 Å². The van der Waals surface area contributed by atoms with E-state index in [2.05, 4.69) is 13.8 Å². The molecule has 1 rings (SSSR count). The maximum absolute atomic E-state index is 9.67. The predicted octanol–water partition coefficient (Wildman–Crippen LogP) is 2.57. The number of furan rings is 1. The van der Waals surface area contributed by atoms with Gasteiger partial charge in [-0.25, -0.2) is 0 Å². The molecular formula is C11H18O2S. The maximum Gasteiger partial charge on any atom is 0.0935 e. The summed E-state index contributed by atoms with van der Waals surface area (Å²) in [5, 5.41) is 9.67. The first-order valence-corrected chi connectivity index (χ1v) is 6.11. The molecule has 0 aliphatic heterocycles. The van der Waals surface area contributed by atoms with Gasteiger partial charge in [0.1, 0.15) is 0 Å². The van der Waals surface area contributed by atoms with E-state index in [0.29, 0.717) is 12.3 Å². The summed E-state index contributed by atoms with van der Waals surface area (Å²) in [6.45, 7) is 4.38. The quantitative estimate of drug-likeness (QED) is 0.790. The van der Waals surface area contributed by atoms with Gasteiger partial charge in [-0.05, 0) is 23.3 Å². The molecule has 0 aliphatic rings. The molecule has 0 saturated carbocycles. The predicted molar refractivity (Wildman–Crippen MR) is 60.6 cm³/mol. The van der Waals surface area contributed by atoms with Crippen LogP contribution >= 0.6 is 11.8 Å². The van der Waals surface area contributed by atoms with Gasteiger partial charge in [0.25, 0.3) is 0 Å². The van der Waals surface area contributed by atoms with Crippen molar-refractivity contribution in [3.05, 3.63) is 24.2 Å². The minimum atomic E-state index is -0.253. The van der Waals surface area contributed by atoms with Crippen LogP contribution in [-0.4, -0.2) is 22.7 Å². The topological polar surface area (TPSA) is 33.4 Å². The molecule has 0 amide bonds. The van der Waals surface area contributed by atoms with Crippen molar-refractivity contribution in [2.75, 3.05) is 11.5 Å². The van der Waals surface area contributed by atoms with Crippen LogP contribution in [0.5, 0.6) is 0 Å². The molecule has 1 unspecified atom stereocenters. The van der Waals surface area contributed by atoms with Gasteiger partial charge in [-0.2, -0.15) is 11.8 Å². The van der Waals surface area contributed by atoms with Crippen LogP contribution in [0, 0.1) is 5.92 Å². The molecule has 1 heterocycles. The lowest BCUT2D eigenvalue weighted by atomic mass is 10.2. The van der Waals surface area contributed by atoms with Gasteiger partial charge in [-0.15, -0.1) is 0 Å². The van der Waals surface area contributed by atoms with Gasteiger partial charge in [0.05, 0.1) is 18.6 Å². The average molecular weight is 214 g/mol. The van der Waals surface area contributed by atoms with Crippen molar-refractivity contribution >= 4 is 11.8 Å². The van der Waals surface area contributed by atoms with Crippen LogP contribution in [0.2, 0.25) is 0 Å². The van der Waals surface area contributed by atoms with Crippen molar-refractivity contribution < 1.29 is 9.52 Å². The van der Waals surface area contributed by atoms with Crippen molar-refractivity contribution in [2.45, 2.75) is 26.4 Å². The summed E-state index contributed by atoms with van der Waals surface area (Å²) in [5.74, 6) is 2.62. The molecule has 0 fully saturated rings. The van der Waals surface area contributed by atoms with Crippen LogP contribution in [0.15, 0.2) is 23.0 Å². The van der Waals surface area contributed by atoms with Crippen LogP contribution in [0.4, 0.5) is 0 Å². The molecule has 1 atom stereocenters. The van der Waals surface area contributed by atoms with Crippen LogP contribution in [-0.2, 0) is 6.42 Å². The largest absolute Gasteiger partial charge is 0.472 e. The Bertz CT molecular complexity index is 231. The third-order valence-electron chi connectivity index (χ3n) is 1.81. The van der Waals surface area contributed by atoms with E-state index >= 15 is 0 Å². The molecule has 0 bridgehead atoms. The van der Waals surface area contributed by atoms with E-state index in [-0.39, 0.29) is 6.10 Å². The molecule has 80 valence electrons. The fraction of sp³-hybridized carbons (Fsp3) is 0.636. The highest BCUT2D eigenvalue weighted by Crippen LogP contribution is 2.12. The van der Waals surface area contributed by atoms with E-state index in [1.807, 2.05) is 17.8 Å². The van der Waals surface area contributed by atoms with Crippen molar-refractivity contribution in [3.8, 4) is 0 Å². The molecule has 1 aromatic heterocycles. The molecule has 2 nitrogen and oxygen atoms in total. The van der Waals surface area contributed by atoms with Gasteiger partial charge in [-0.1, -0.05) is 13.8 Å². The molecule has 1 N–H and O–H groups in total. The maximum atomic E-state index is 9.67. The van der Waals surface area contributed by atoms with Crippen LogP contribution < -0.4 is 0 Å². The average Bonchev–Trinajstić information content (AvgIpc) is 2.56. The minimum absolute atomic E-state index is 0.253. The number of hydrogen-bond donors (Lipinski definition) is 1. The van der Waals surface area contributed by atoms with Crippen LogP contribution in [0.1, 0.15) is 19.4 Å². The third-order valence-corrected chi connectivity index (χ3v) is 3.34. The number of hydrogen-bond acceptors (Lipinski definition) is 3. The third kappa shape index (κ3) is 4.72. The lowest BCUT2D eigenvalue weighted by Gasteiger charge is -2.09. The Balaban J connectivity index is 2.13. The Morgan fingerprint density at radius 2 is 2.21 bits per heavy atom. The zero-order valence-corrected chi connectivity index (χ0v) is 9.59. The number of rotatable bonds is 6. The highest BCUT2D eigenvalue weighted by molar-refractivity contribution is 7.99. The zero-order chi connectivity index (χ0) is 10.4. The van der Waals surface area contributed by atoms with Gasteiger partial charge in [0.15, 0.2) is 0 Å². The number of aliphatic hydroxyl groups is 1. The first-order chi connectivity index (χ1) is 6.68. The molecule has 0 aromatic carbocycles. The van der Waals surface area contributed by atoms with Gasteiger partial charge >= 0.3 is 0 Å². The molecule has 14 heavy (non-hydrogen) atoms. The lowest BCUT2D eigenvalue weighted by molar-refractivity contribution is 0.200. The second-order valence-corrected chi connectivity index (χ2v) is 5.00. The molecule has 0 radical (unpaired) electrons. The Morgan fingerprint density at radius 1 is 1.43 bits per heavy atom. The number of aliphatic hydroxyl groups excluding tert-OH is 1. The highest BCUT2D eigenvalue weighted by Gasteiger charge is 2.06. The second kappa shape index (κ2) is 6.14. The summed E-state index contributed by atoms with van der Waals surface area (Å²) >= 11 is 1.81. The van der Waals surface area contributed by atoms with Crippen molar-refractivity contribution in [2.24, 2.45) is 5.92 Å². The minimum Gasteiger partial charge on any atom is -0.472 e. The molecule has 0 spiro atoms. The van der Waals surface area contributed by atoms with E-state index in [0.717, 1.165) is 17.1 Å². The Kier molecular flexibility index (Phi) is 5.12. The summed E-state index contributed by atoms with van der Waals surface area (Å²) in [6.07, 6.45) is 3.78. The van der Waals surface area contributed by atoms with E-state index in [1.165, 1.54) is 0 Å². The zero-order valence-electron chi connectivity index (χ0n) is 8.77. The Morgan fingerprint density at radius 3 is 2.79 bits per heavy atom. The van der Waals surface area contributed by atoms with E-state index in [4.69, 9.17) is 4.42 Å². The van der Waals surface area contributed by atoms with Crippen molar-refractivity contribution in [1.82, 2.24) is 0 Å². The number of thioether (sulfide) groups is 1. The summed E-state index contributed by atoms with van der Waals surface area (Å²) in [4.78, 5) is 0. The molecule has 0 saturated heterocycles. The fourth-order valence-electron chi connectivity index (χ4n) is 1.18. The Labute approximate surface area is 89.7 Å². The van der Waals surface area contributed by atoms with Gasteiger partial charge < -0.3 is 9.52 Å². The molecule has 1 aromatic rings. The van der Waals surface area contributed by atoms with Gasteiger partial charge in [-0.3, -0.25) is 0 Å². The van der Waals surface area contributed by atoms with Gasteiger partial charge in [0.2, 0.25) is 0 Å². The Hall–Kier alpha value is -0.410. The van der Waals surface area contributed by atoms with E-state index in [9.17, 15) is 5.11 Å². The lowest BCUT2D eigenvalue weighted by Crippen LogP contribution is -2.14. The van der Waals surface area contributed by atoms with Crippen molar-refractivity contribution in [1.29, 1.82) is 0 Å².